The Morgan fingerprint density at radius 3 is 2.81 bits per heavy atom. The summed E-state index contributed by atoms with van der Waals surface area (Å²) in [6.07, 6.45) is 3.22. The van der Waals surface area contributed by atoms with Crippen molar-refractivity contribution in [2.24, 2.45) is 0 Å². The Labute approximate surface area is 119 Å². The lowest BCUT2D eigenvalue weighted by Gasteiger charge is -2.13. The van der Waals surface area contributed by atoms with Crippen molar-refractivity contribution in [1.82, 2.24) is 15.5 Å². The fraction of sp³-hybridized carbons (Fsp3) is 0.154. The Bertz CT molecular complexity index is 657. The summed E-state index contributed by atoms with van der Waals surface area (Å²) in [6.45, 7) is 1.76. The van der Waals surface area contributed by atoms with Crippen molar-refractivity contribution in [2.45, 2.75) is 13.0 Å². The molecule has 110 valence electrons. The molecule has 0 aliphatic carbocycles. The number of H-pyrrole nitrogens is 1. The maximum absolute atomic E-state index is 13.2. The fourth-order valence-electron chi connectivity index (χ4n) is 1.71. The van der Waals surface area contributed by atoms with E-state index in [1.807, 2.05) is 0 Å². The minimum atomic E-state index is -1.40. The number of nitrogens with one attached hydrogen (secondary N) is 3. The van der Waals surface area contributed by atoms with Crippen LogP contribution in [0.4, 0.5) is 14.9 Å². The number of carboxylic acids is 1. The first kappa shape index (κ1) is 14.5. The van der Waals surface area contributed by atoms with Gasteiger partial charge in [-0.2, -0.15) is 5.10 Å². The van der Waals surface area contributed by atoms with Crippen molar-refractivity contribution < 1.29 is 19.1 Å². The molecule has 1 aromatic heterocycles. The number of hydrogen-bond donors (Lipinski definition) is 4. The van der Waals surface area contributed by atoms with Gasteiger partial charge >= 0.3 is 12.0 Å². The second kappa shape index (κ2) is 6.04. The maximum Gasteiger partial charge on any atom is 0.338 e. The number of carbonyl (C=O) groups excluding carboxylic acids is 1. The van der Waals surface area contributed by atoms with Gasteiger partial charge in [0.25, 0.3) is 0 Å². The quantitative estimate of drug-likeness (QED) is 0.692. The number of nitrogens with zero attached hydrogens (tertiary/aromatic N) is 1. The summed E-state index contributed by atoms with van der Waals surface area (Å²) >= 11 is 0. The Morgan fingerprint density at radius 1 is 1.43 bits per heavy atom. The number of hydrogen-bond acceptors (Lipinski definition) is 3. The highest BCUT2D eigenvalue weighted by atomic mass is 19.1. The van der Waals surface area contributed by atoms with E-state index in [0.29, 0.717) is 0 Å². The van der Waals surface area contributed by atoms with Crippen LogP contribution in [0, 0.1) is 5.82 Å². The van der Waals surface area contributed by atoms with E-state index in [1.54, 1.807) is 19.3 Å². The van der Waals surface area contributed by atoms with Gasteiger partial charge in [-0.25, -0.2) is 14.0 Å². The number of aromatic nitrogens is 2. The van der Waals surface area contributed by atoms with Crippen LogP contribution in [-0.4, -0.2) is 27.3 Å². The smallest absolute Gasteiger partial charge is 0.338 e. The number of carbonyl (C=O) groups is 2. The molecule has 0 bridgehead atoms. The Morgan fingerprint density at radius 2 is 2.19 bits per heavy atom. The molecule has 1 atom stereocenters. The Kier molecular flexibility index (Phi) is 4.17. The standard InChI is InChI=1S/C13H13FN4O3/c1-7(8-5-15-16-6-8)17-13(21)18-9-2-3-11(14)10(4-9)12(19)20/h2-7H,1H3,(H,15,16)(H,19,20)(H2,17,18,21). The minimum Gasteiger partial charge on any atom is -0.478 e. The van der Waals surface area contributed by atoms with Crippen molar-refractivity contribution in [2.75, 3.05) is 5.32 Å². The van der Waals surface area contributed by atoms with E-state index in [-0.39, 0.29) is 11.7 Å². The number of amides is 2. The first-order valence-corrected chi connectivity index (χ1v) is 6.06. The van der Waals surface area contributed by atoms with E-state index >= 15 is 0 Å². The third-order valence-corrected chi connectivity index (χ3v) is 2.82. The van der Waals surface area contributed by atoms with Gasteiger partial charge in [-0.15, -0.1) is 0 Å². The molecular weight excluding hydrogens is 279 g/mol. The van der Waals surface area contributed by atoms with E-state index in [9.17, 15) is 14.0 Å². The average molecular weight is 292 g/mol. The Hall–Kier alpha value is -2.90. The molecule has 0 aliphatic rings. The average Bonchev–Trinajstić information content (AvgIpc) is 2.94. The zero-order valence-corrected chi connectivity index (χ0v) is 11.1. The van der Waals surface area contributed by atoms with Gasteiger partial charge < -0.3 is 15.7 Å². The van der Waals surface area contributed by atoms with Gasteiger partial charge in [0, 0.05) is 17.4 Å². The minimum absolute atomic E-state index is 0.186. The van der Waals surface area contributed by atoms with E-state index in [2.05, 4.69) is 20.8 Å². The van der Waals surface area contributed by atoms with Crippen LogP contribution in [0.1, 0.15) is 28.9 Å². The number of carboxylic acid groups (broad SMARTS) is 1. The molecule has 1 unspecified atom stereocenters. The van der Waals surface area contributed by atoms with Crippen molar-refractivity contribution >= 4 is 17.7 Å². The zero-order valence-electron chi connectivity index (χ0n) is 11.1. The normalized spacial score (nSPS) is 11.7. The van der Waals surface area contributed by atoms with Crippen molar-refractivity contribution in [3.05, 3.63) is 47.5 Å². The molecular formula is C13H13FN4O3. The van der Waals surface area contributed by atoms with Crippen LogP contribution < -0.4 is 10.6 Å². The zero-order chi connectivity index (χ0) is 15.4. The second-order valence-electron chi connectivity index (χ2n) is 4.35. The summed E-state index contributed by atoms with van der Waals surface area (Å²) in [5.41, 5.74) is 0.469. The first-order valence-electron chi connectivity index (χ1n) is 6.06. The summed E-state index contributed by atoms with van der Waals surface area (Å²) in [6, 6.07) is 2.50. The predicted molar refractivity (Wildman–Crippen MR) is 72.5 cm³/mol. The number of anilines is 1. The molecule has 0 saturated carbocycles. The second-order valence-corrected chi connectivity index (χ2v) is 4.35. The molecule has 4 N–H and O–H groups in total. The topological polar surface area (TPSA) is 107 Å². The molecule has 2 rings (SSSR count). The van der Waals surface area contributed by atoms with E-state index in [4.69, 9.17) is 5.11 Å². The summed E-state index contributed by atoms with van der Waals surface area (Å²) < 4.78 is 13.2. The summed E-state index contributed by atoms with van der Waals surface area (Å²) in [4.78, 5) is 22.6. The van der Waals surface area contributed by atoms with Crippen LogP contribution >= 0.6 is 0 Å². The largest absolute Gasteiger partial charge is 0.478 e. The first-order chi connectivity index (χ1) is 9.97. The van der Waals surface area contributed by atoms with Crippen LogP contribution in [0.5, 0.6) is 0 Å². The van der Waals surface area contributed by atoms with Gasteiger partial charge in [-0.3, -0.25) is 5.10 Å². The molecule has 21 heavy (non-hydrogen) atoms. The van der Waals surface area contributed by atoms with Crippen LogP contribution in [0.3, 0.4) is 0 Å². The summed E-state index contributed by atoms with van der Waals surface area (Å²) in [5.74, 6) is -2.26. The molecule has 1 aromatic carbocycles. The lowest BCUT2D eigenvalue weighted by Crippen LogP contribution is -2.31. The summed E-state index contributed by atoms with van der Waals surface area (Å²) in [5, 5.41) is 20.3. The molecule has 7 nitrogen and oxygen atoms in total. The van der Waals surface area contributed by atoms with Crippen LogP contribution in [0.15, 0.2) is 30.6 Å². The number of urea groups is 1. The van der Waals surface area contributed by atoms with Gasteiger partial charge in [-0.05, 0) is 25.1 Å². The molecule has 2 amide bonds. The Balaban J connectivity index is 2.03. The third kappa shape index (κ3) is 3.56. The molecule has 2 aromatic rings. The lowest BCUT2D eigenvalue weighted by molar-refractivity contribution is 0.0692. The number of aromatic carboxylic acids is 1. The van der Waals surface area contributed by atoms with Gasteiger partial charge in [0.1, 0.15) is 5.82 Å². The number of benzene rings is 1. The van der Waals surface area contributed by atoms with Gasteiger partial charge in [0.2, 0.25) is 0 Å². The van der Waals surface area contributed by atoms with Crippen molar-refractivity contribution in [3.8, 4) is 0 Å². The van der Waals surface area contributed by atoms with E-state index in [1.165, 1.54) is 6.07 Å². The SMILES string of the molecule is CC(NC(=O)Nc1ccc(F)c(C(=O)O)c1)c1cn[nH]c1. The number of halogens is 1. The number of aromatic amines is 1. The van der Waals surface area contributed by atoms with E-state index < -0.39 is 23.4 Å². The maximum atomic E-state index is 13.2. The van der Waals surface area contributed by atoms with Gasteiger partial charge in [0.15, 0.2) is 0 Å². The van der Waals surface area contributed by atoms with Crippen LogP contribution in [-0.2, 0) is 0 Å². The number of rotatable bonds is 4. The monoisotopic (exact) mass is 292 g/mol. The van der Waals surface area contributed by atoms with Crippen molar-refractivity contribution in [1.29, 1.82) is 0 Å². The molecule has 0 aliphatic heterocycles. The molecule has 0 spiro atoms. The molecule has 0 saturated heterocycles. The predicted octanol–water partition coefficient (Wildman–Crippen LogP) is 2.13. The highest BCUT2D eigenvalue weighted by molar-refractivity contribution is 5.93. The van der Waals surface area contributed by atoms with Crippen LogP contribution in [0.2, 0.25) is 0 Å². The van der Waals surface area contributed by atoms with E-state index in [0.717, 1.165) is 17.7 Å². The highest BCUT2D eigenvalue weighted by Gasteiger charge is 2.13. The molecule has 0 fully saturated rings. The third-order valence-electron chi connectivity index (χ3n) is 2.82. The summed E-state index contributed by atoms with van der Waals surface area (Å²) in [7, 11) is 0. The molecule has 8 heteroatoms. The van der Waals surface area contributed by atoms with Gasteiger partial charge in [0.05, 0.1) is 17.8 Å². The van der Waals surface area contributed by atoms with Gasteiger partial charge in [-0.1, -0.05) is 0 Å². The van der Waals surface area contributed by atoms with Crippen LogP contribution in [0.25, 0.3) is 0 Å². The lowest BCUT2D eigenvalue weighted by atomic mass is 10.2. The molecule has 0 radical (unpaired) electrons. The fourth-order valence-corrected chi connectivity index (χ4v) is 1.71. The van der Waals surface area contributed by atoms with Crippen molar-refractivity contribution in [3.63, 3.8) is 0 Å². The highest BCUT2D eigenvalue weighted by Crippen LogP contribution is 2.15. The molecule has 1 heterocycles.